The standard InChI is InChI=1S/C57H50F5N9O7/c1-56(2,3)70-55(75)67-49(54(74)69-51-9-5-7-47(65-51)36-14-24-43(25-15-36)78-45-28-20-40(59)21-29-45)32-76-34-71-31-41(63-33-71)30-48(66-52(72)37-10-16-38(17-11-37)57(60,61)62)53(73)68-50-8-4-6-46(64-50)35-12-22-42(23-13-35)77-44-26-18-39(58)19-27-44/h4-29,31,33,48-49H,30,32,34H2,1-3H3,(H,66,72)(H,64,68,73)(H,65,69,74)(H2,67,70,75)/t48-,49+/m1/s1. The van der Waals surface area contributed by atoms with E-state index >= 15 is 0 Å². The van der Waals surface area contributed by atoms with Crippen molar-refractivity contribution in [2.75, 3.05) is 17.2 Å². The van der Waals surface area contributed by atoms with Gasteiger partial charge in [-0.1, -0.05) is 12.1 Å². The summed E-state index contributed by atoms with van der Waals surface area (Å²) in [6.07, 6.45) is -1.94. The average molecular weight is 1070 g/mol. The van der Waals surface area contributed by atoms with Crippen LogP contribution in [0.2, 0.25) is 0 Å². The van der Waals surface area contributed by atoms with Gasteiger partial charge in [0.2, 0.25) is 5.91 Å². The van der Waals surface area contributed by atoms with E-state index < -0.39 is 58.9 Å². The summed E-state index contributed by atoms with van der Waals surface area (Å²) in [6, 6.07) is 35.2. The minimum atomic E-state index is -4.64. The number of hydrogen-bond acceptors (Lipinski definition) is 10. The number of anilines is 2. The molecule has 8 rings (SSSR count). The Labute approximate surface area is 444 Å². The third-order valence-corrected chi connectivity index (χ3v) is 11.2. The molecule has 21 heteroatoms. The van der Waals surface area contributed by atoms with E-state index in [0.717, 1.165) is 24.3 Å². The van der Waals surface area contributed by atoms with Crippen molar-refractivity contribution in [3.63, 3.8) is 0 Å². The monoisotopic (exact) mass is 1070 g/mol. The number of amides is 5. The normalized spacial score (nSPS) is 12.2. The van der Waals surface area contributed by atoms with Crippen LogP contribution in [-0.4, -0.2) is 67.5 Å². The highest BCUT2D eigenvalue weighted by Gasteiger charge is 2.31. The molecule has 0 spiro atoms. The SMILES string of the molecule is CC(C)(C)NC(=O)N[C@@H](COCn1cnc(C[C@@H](NC(=O)c2ccc(C(F)(F)F)cc2)C(=O)Nc2cccc(-c3ccc(Oc4ccc(F)cc4)cc3)n2)c1)C(=O)Nc1cccc(-c2ccc(Oc3ccc(F)cc3)cc2)n1. The van der Waals surface area contributed by atoms with Crippen LogP contribution in [0.5, 0.6) is 23.0 Å². The quantitative estimate of drug-likeness (QED) is 0.0486. The largest absolute Gasteiger partial charge is 0.457 e. The molecule has 78 heavy (non-hydrogen) atoms. The Kier molecular flexibility index (Phi) is 17.2. The van der Waals surface area contributed by atoms with Gasteiger partial charge in [0, 0.05) is 34.8 Å². The van der Waals surface area contributed by atoms with E-state index in [-0.39, 0.29) is 48.5 Å². The molecule has 0 fully saturated rings. The number of nitrogens with zero attached hydrogens (tertiary/aromatic N) is 4. The zero-order chi connectivity index (χ0) is 55.4. The van der Waals surface area contributed by atoms with Crippen LogP contribution in [0.15, 0.2) is 170 Å². The number of hydrogen-bond donors (Lipinski definition) is 5. The van der Waals surface area contributed by atoms with E-state index in [1.165, 1.54) is 71.7 Å². The number of rotatable bonds is 19. The first-order chi connectivity index (χ1) is 37.3. The molecule has 0 aliphatic heterocycles. The van der Waals surface area contributed by atoms with E-state index in [1.54, 1.807) is 99.6 Å². The highest BCUT2D eigenvalue weighted by atomic mass is 19.4. The molecule has 0 unspecified atom stereocenters. The molecular formula is C57H50F5N9O7. The molecule has 0 aliphatic rings. The van der Waals surface area contributed by atoms with Crippen LogP contribution >= 0.6 is 0 Å². The zero-order valence-corrected chi connectivity index (χ0v) is 42.0. The number of nitrogens with one attached hydrogen (secondary N) is 5. The van der Waals surface area contributed by atoms with E-state index in [1.807, 2.05) is 0 Å². The smallest absolute Gasteiger partial charge is 0.416 e. The lowest BCUT2D eigenvalue weighted by atomic mass is 10.1. The van der Waals surface area contributed by atoms with Crippen molar-refractivity contribution in [2.45, 2.75) is 57.7 Å². The molecule has 3 heterocycles. The van der Waals surface area contributed by atoms with Gasteiger partial charge in [-0.05, 0) is 166 Å². The highest BCUT2D eigenvalue weighted by molar-refractivity contribution is 6.01. The fourth-order valence-electron chi connectivity index (χ4n) is 7.47. The molecule has 3 aromatic heterocycles. The molecule has 0 bridgehead atoms. The van der Waals surface area contributed by atoms with Gasteiger partial charge >= 0.3 is 12.2 Å². The third kappa shape index (κ3) is 15.8. The van der Waals surface area contributed by atoms with Crippen molar-refractivity contribution in [2.24, 2.45) is 0 Å². The minimum absolute atomic E-state index is 0.116. The molecule has 5 aromatic carbocycles. The Bertz CT molecular complexity index is 3350. The van der Waals surface area contributed by atoms with Gasteiger partial charge in [0.1, 0.15) is 65.1 Å². The molecule has 400 valence electrons. The van der Waals surface area contributed by atoms with Gasteiger partial charge in [0.25, 0.3) is 11.8 Å². The van der Waals surface area contributed by atoms with Crippen LogP contribution in [0, 0.1) is 11.6 Å². The summed E-state index contributed by atoms with van der Waals surface area (Å²) >= 11 is 0. The van der Waals surface area contributed by atoms with Gasteiger partial charge in [-0.2, -0.15) is 13.2 Å². The van der Waals surface area contributed by atoms with Crippen molar-refractivity contribution in [1.29, 1.82) is 0 Å². The number of ether oxygens (including phenoxy) is 3. The fourth-order valence-corrected chi connectivity index (χ4v) is 7.47. The van der Waals surface area contributed by atoms with Gasteiger partial charge in [0.15, 0.2) is 0 Å². The predicted octanol–water partition coefficient (Wildman–Crippen LogP) is 10.9. The third-order valence-electron chi connectivity index (χ3n) is 11.2. The van der Waals surface area contributed by atoms with Gasteiger partial charge in [-0.15, -0.1) is 0 Å². The first-order valence-corrected chi connectivity index (χ1v) is 24.1. The van der Waals surface area contributed by atoms with Gasteiger partial charge < -0.3 is 45.4 Å². The van der Waals surface area contributed by atoms with E-state index in [4.69, 9.17) is 14.2 Å². The zero-order valence-electron chi connectivity index (χ0n) is 42.0. The van der Waals surface area contributed by atoms with E-state index in [0.29, 0.717) is 45.5 Å². The molecular weight excluding hydrogens is 1020 g/mol. The van der Waals surface area contributed by atoms with Gasteiger partial charge in [-0.25, -0.2) is 28.5 Å². The lowest BCUT2D eigenvalue weighted by molar-refractivity contribution is -0.137. The molecule has 8 aromatic rings. The summed E-state index contributed by atoms with van der Waals surface area (Å²) in [5.74, 6) is -0.827. The molecule has 5 amide bonds. The Morgan fingerprint density at radius 1 is 0.590 bits per heavy atom. The fraction of sp³-hybridized carbons (Fsp3) is 0.175. The molecule has 0 radical (unpaired) electrons. The molecule has 5 N–H and O–H groups in total. The van der Waals surface area contributed by atoms with Crippen LogP contribution in [0.1, 0.15) is 42.4 Å². The second kappa shape index (κ2) is 24.4. The van der Waals surface area contributed by atoms with Crippen molar-refractivity contribution in [3.05, 3.63) is 199 Å². The summed E-state index contributed by atoms with van der Waals surface area (Å²) in [6.45, 7) is 4.78. The summed E-state index contributed by atoms with van der Waals surface area (Å²) in [4.78, 5) is 68.0. The maximum Gasteiger partial charge on any atom is 0.416 e. The van der Waals surface area contributed by atoms with Crippen LogP contribution < -0.4 is 36.1 Å². The number of carbonyl (C=O) groups excluding carboxylic acids is 4. The molecule has 0 aliphatic carbocycles. The van der Waals surface area contributed by atoms with Gasteiger partial charge in [-0.3, -0.25) is 14.4 Å². The second-order valence-electron chi connectivity index (χ2n) is 18.5. The predicted molar refractivity (Wildman–Crippen MR) is 279 cm³/mol. The Balaban J connectivity index is 0.928. The Hall–Kier alpha value is -9.50. The first-order valence-electron chi connectivity index (χ1n) is 24.1. The Morgan fingerprint density at radius 2 is 1.06 bits per heavy atom. The Morgan fingerprint density at radius 3 is 1.54 bits per heavy atom. The first kappa shape index (κ1) is 54.8. The molecule has 2 atom stereocenters. The van der Waals surface area contributed by atoms with Crippen molar-refractivity contribution >= 4 is 35.4 Å². The number of halogens is 5. The lowest BCUT2D eigenvalue weighted by Crippen LogP contribution is -2.54. The lowest BCUT2D eigenvalue weighted by Gasteiger charge is -2.24. The maximum absolute atomic E-state index is 14.0. The topological polar surface area (TPSA) is 200 Å². The highest BCUT2D eigenvalue weighted by Crippen LogP contribution is 2.30. The van der Waals surface area contributed by atoms with Crippen molar-refractivity contribution in [3.8, 4) is 45.5 Å². The van der Waals surface area contributed by atoms with Crippen LogP contribution in [-0.2, 0) is 33.7 Å². The van der Waals surface area contributed by atoms with E-state index in [2.05, 4.69) is 41.5 Å². The van der Waals surface area contributed by atoms with Crippen LogP contribution in [0.3, 0.4) is 0 Å². The summed E-state index contributed by atoms with van der Waals surface area (Å²) in [5, 5.41) is 13.5. The average Bonchev–Trinajstić information content (AvgIpc) is 3.87. The maximum atomic E-state index is 14.0. The van der Waals surface area contributed by atoms with Crippen molar-refractivity contribution < 1.29 is 55.3 Å². The van der Waals surface area contributed by atoms with Crippen LogP contribution in [0.4, 0.5) is 38.4 Å². The number of carbonyl (C=O) groups is 4. The number of pyridine rings is 2. The number of alkyl halides is 3. The summed E-state index contributed by atoms with van der Waals surface area (Å²) in [7, 11) is 0. The second-order valence-corrected chi connectivity index (χ2v) is 18.5. The summed E-state index contributed by atoms with van der Waals surface area (Å²) in [5.41, 5.74) is 0.877. The summed E-state index contributed by atoms with van der Waals surface area (Å²) < 4.78 is 85.8. The number of urea groups is 1. The molecule has 0 saturated carbocycles. The van der Waals surface area contributed by atoms with Gasteiger partial charge in [0.05, 0.1) is 35.6 Å². The molecule has 0 saturated heterocycles. The molecule has 16 nitrogen and oxygen atoms in total. The minimum Gasteiger partial charge on any atom is -0.457 e. The van der Waals surface area contributed by atoms with Crippen LogP contribution in [0.25, 0.3) is 22.5 Å². The van der Waals surface area contributed by atoms with Crippen molar-refractivity contribution in [1.82, 2.24) is 35.5 Å². The number of imidazole rings is 1. The number of benzene rings is 5. The number of aromatic nitrogens is 4. The van der Waals surface area contributed by atoms with E-state index in [9.17, 15) is 41.1 Å².